The van der Waals surface area contributed by atoms with E-state index in [9.17, 15) is 20.1 Å². The number of carbonyl (C=O) groups is 1. The standard InChI is InChI=1S/C17H26O5/c1-17(2,21)10-11-22-16(20)7-5-3-4-6-13-8-9-14(18)12-15(13)19/h8-9,12,18-19,21H,3-7,10-11H2,1-2H3. The molecule has 0 unspecified atom stereocenters. The minimum absolute atomic E-state index is 0.0510. The molecule has 0 aromatic heterocycles. The van der Waals surface area contributed by atoms with Gasteiger partial charge in [0.25, 0.3) is 0 Å². The summed E-state index contributed by atoms with van der Waals surface area (Å²) in [6, 6.07) is 4.58. The van der Waals surface area contributed by atoms with Crippen molar-refractivity contribution in [2.75, 3.05) is 6.61 Å². The highest BCUT2D eigenvalue weighted by Gasteiger charge is 2.13. The van der Waals surface area contributed by atoms with Crippen LogP contribution in [0.25, 0.3) is 0 Å². The lowest BCUT2D eigenvalue weighted by molar-refractivity contribution is -0.145. The molecule has 0 atom stereocenters. The molecule has 1 rings (SSSR count). The molecular formula is C17H26O5. The number of carbonyl (C=O) groups excluding carboxylic acids is 1. The molecule has 0 aliphatic carbocycles. The van der Waals surface area contributed by atoms with E-state index in [-0.39, 0.29) is 24.1 Å². The number of hydrogen-bond acceptors (Lipinski definition) is 5. The monoisotopic (exact) mass is 310 g/mol. The fraction of sp³-hybridized carbons (Fsp3) is 0.588. The lowest BCUT2D eigenvalue weighted by Gasteiger charge is -2.16. The van der Waals surface area contributed by atoms with Crippen LogP contribution in [0.4, 0.5) is 0 Å². The van der Waals surface area contributed by atoms with E-state index in [2.05, 4.69) is 0 Å². The molecule has 0 saturated heterocycles. The van der Waals surface area contributed by atoms with Crippen LogP contribution in [-0.2, 0) is 16.0 Å². The van der Waals surface area contributed by atoms with E-state index >= 15 is 0 Å². The Morgan fingerprint density at radius 3 is 2.55 bits per heavy atom. The number of unbranched alkanes of at least 4 members (excludes halogenated alkanes) is 2. The normalized spacial score (nSPS) is 11.4. The smallest absolute Gasteiger partial charge is 0.305 e. The molecule has 1 aromatic rings. The van der Waals surface area contributed by atoms with Crippen molar-refractivity contribution in [3.63, 3.8) is 0 Å². The van der Waals surface area contributed by atoms with Crippen molar-refractivity contribution < 1.29 is 24.9 Å². The van der Waals surface area contributed by atoms with Gasteiger partial charge in [-0.2, -0.15) is 0 Å². The summed E-state index contributed by atoms with van der Waals surface area (Å²) in [5.41, 5.74) is -0.0163. The maximum absolute atomic E-state index is 11.5. The van der Waals surface area contributed by atoms with E-state index in [1.54, 1.807) is 26.0 Å². The zero-order valence-corrected chi connectivity index (χ0v) is 13.3. The SMILES string of the molecule is CC(C)(O)CCOC(=O)CCCCCc1ccc(O)cc1O. The molecule has 0 fully saturated rings. The van der Waals surface area contributed by atoms with E-state index in [1.807, 2.05) is 0 Å². The summed E-state index contributed by atoms with van der Waals surface area (Å²) < 4.78 is 5.05. The molecule has 0 amide bonds. The molecule has 3 N–H and O–H groups in total. The van der Waals surface area contributed by atoms with E-state index in [0.717, 1.165) is 24.8 Å². The highest BCUT2D eigenvalue weighted by Crippen LogP contribution is 2.24. The molecule has 5 heteroatoms. The van der Waals surface area contributed by atoms with Crippen LogP contribution in [0.5, 0.6) is 11.5 Å². The van der Waals surface area contributed by atoms with Gasteiger partial charge in [-0.3, -0.25) is 4.79 Å². The first kappa shape index (κ1) is 18.3. The number of phenols is 2. The fourth-order valence-corrected chi connectivity index (χ4v) is 2.01. The second-order valence-corrected chi connectivity index (χ2v) is 6.16. The first-order valence-corrected chi connectivity index (χ1v) is 7.67. The Bertz CT molecular complexity index is 476. The number of ether oxygens (including phenoxy) is 1. The van der Waals surface area contributed by atoms with Crippen LogP contribution < -0.4 is 0 Å². The van der Waals surface area contributed by atoms with Crippen molar-refractivity contribution in [1.82, 2.24) is 0 Å². The van der Waals surface area contributed by atoms with Crippen LogP contribution in [0, 0.1) is 0 Å². The molecule has 1 aromatic carbocycles. The van der Waals surface area contributed by atoms with Crippen molar-refractivity contribution in [1.29, 1.82) is 0 Å². The quantitative estimate of drug-likeness (QED) is 0.482. The first-order valence-electron chi connectivity index (χ1n) is 7.67. The lowest BCUT2D eigenvalue weighted by atomic mass is 10.0. The molecule has 124 valence electrons. The van der Waals surface area contributed by atoms with E-state index in [4.69, 9.17) is 4.74 Å². The van der Waals surface area contributed by atoms with Gasteiger partial charge < -0.3 is 20.1 Å². The van der Waals surface area contributed by atoms with E-state index in [0.29, 0.717) is 19.3 Å². The number of aromatic hydroxyl groups is 2. The van der Waals surface area contributed by atoms with Gasteiger partial charge in [0.1, 0.15) is 11.5 Å². The van der Waals surface area contributed by atoms with Crippen LogP contribution in [0.3, 0.4) is 0 Å². The Morgan fingerprint density at radius 2 is 1.91 bits per heavy atom. The first-order chi connectivity index (χ1) is 10.3. The number of aliphatic hydroxyl groups is 1. The van der Waals surface area contributed by atoms with Crippen LogP contribution in [0.1, 0.15) is 51.5 Å². The molecule has 0 heterocycles. The average molecular weight is 310 g/mol. The van der Waals surface area contributed by atoms with Crippen molar-refractivity contribution >= 4 is 5.97 Å². The van der Waals surface area contributed by atoms with Crippen molar-refractivity contribution in [2.24, 2.45) is 0 Å². The Labute approximate surface area is 131 Å². The topological polar surface area (TPSA) is 87.0 Å². The van der Waals surface area contributed by atoms with Gasteiger partial charge in [-0.1, -0.05) is 12.5 Å². The Kier molecular flexibility index (Phi) is 7.18. The molecule has 0 saturated carbocycles. The number of hydrogen-bond donors (Lipinski definition) is 3. The second kappa shape index (κ2) is 8.63. The van der Waals surface area contributed by atoms with E-state index < -0.39 is 5.60 Å². The van der Waals surface area contributed by atoms with Gasteiger partial charge >= 0.3 is 5.97 Å². The summed E-state index contributed by atoms with van der Waals surface area (Å²) in [5, 5.41) is 28.3. The number of esters is 1. The second-order valence-electron chi connectivity index (χ2n) is 6.16. The summed E-state index contributed by atoms with van der Waals surface area (Å²) in [7, 11) is 0. The average Bonchev–Trinajstić information content (AvgIpc) is 2.39. The molecule has 0 aliphatic rings. The molecule has 5 nitrogen and oxygen atoms in total. The summed E-state index contributed by atoms with van der Waals surface area (Å²) in [5.74, 6) is -0.0854. The van der Waals surface area contributed by atoms with Crippen molar-refractivity contribution in [3.05, 3.63) is 23.8 Å². The third kappa shape index (κ3) is 7.88. The maximum Gasteiger partial charge on any atom is 0.305 e. The summed E-state index contributed by atoms with van der Waals surface area (Å²) >= 11 is 0. The zero-order valence-electron chi connectivity index (χ0n) is 13.3. The van der Waals surface area contributed by atoms with Gasteiger partial charge in [-0.05, 0) is 44.7 Å². The number of rotatable bonds is 9. The van der Waals surface area contributed by atoms with Crippen LogP contribution >= 0.6 is 0 Å². The summed E-state index contributed by atoms with van der Waals surface area (Å²) in [4.78, 5) is 11.5. The Balaban J connectivity index is 2.11. The molecule has 0 bridgehead atoms. The van der Waals surface area contributed by atoms with Gasteiger partial charge in [-0.15, -0.1) is 0 Å². The molecule has 0 radical (unpaired) electrons. The predicted molar refractivity (Wildman–Crippen MR) is 83.8 cm³/mol. The predicted octanol–water partition coefficient (Wildman–Crippen LogP) is 2.90. The number of benzene rings is 1. The summed E-state index contributed by atoms with van der Waals surface area (Å²) in [6.07, 6.45) is 3.96. The van der Waals surface area contributed by atoms with Gasteiger partial charge in [0.05, 0.1) is 12.2 Å². The molecule has 22 heavy (non-hydrogen) atoms. The van der Waals surface area contributed by atoms with Gasteiger partial charge in [0, 0.05) is 18.9 Å². The van der Waals surface area contributed by atoms with Crippen LogP contribution in [0.15, 0.2) is 18.2 Å². The van der Waals surface area contributed by atoms with Crippen LogP contribution in [-0.4, -0.2) is 33.5 Å². The minimum atomic E-state index is -0.813. The Morgan fingerprint density at radius 1 is 1.18 bits per heavy atom. The third-order valence-electron chi connectivity index (χ3n) is 3.37. The fourth-order valence-electron chi connectivity index (χ4n) is 2.01. The largest absolute Gasteiger partial charge is 0.508 e. The van der Waals surface area contributed by atoms with Crippen molar-refractivity contribution in [3.8, 4) is 11.5 Å². The van der Waals surface area contributed by atoms with E-state index in [1.165, 1.54) is 6.07 Å². The Hall–Kier alpha value is -1.75. The van der Waals surface area contributed by atoms with Gasteiger partial charge in [0.2, 0.25) is 0 Å². The summed E-state index contributed by atoms with van der Waals surface area (Å²) in [6.45, 7) is 3.60. The molecule has 0 aliphatic heterocycles. The minimum Gasteiger partial charge on any atom is -0.508 e. The zero-order chi connectivity index (χ0) is 16.6. The van der Waals surface area contributed by atoms with Crippen molar-refractivity contribution in [2.45, 2.75) is 58.0 Å². The van der Waals surface area contributed by atoms with Gasteiger partial charge in [-0.25, -0.2) is 0 Å². The third-order valence-corrected chi connectivity index (χ3v) is 3.37. The highest BCUT2D eigenvalue weighted by atomic mass is 16.5. The maximum atomic E-state index is 11.5. The number of phenolic OH excluding ortho intramolecular Hbond substituents is 2. The molecular weight excluding hydrogens is 284 g/mol. The lowest BCUT2D eigenvalue weighted by Crippen LogP contribution is -2.22. The van der Waals surface area contributed by atoms with Gasteiger partial charge in [0.15, 0.2) is 0 Å². The molecule has 0 spiro atoms. The van der Waals surface area contributed by atoms with Crippen LogP contribution in [0.2, 0.25) is 0 Å². The highest BCUT2D eigenvalue weighted by molar-refractivity contribution is 5.69. The number of aryl methyl sites for hydroxylation is 1.